The summed E-state index contributed by atoms with van der Waals surface area (Å²) in [6.07, 6.45) is 0. The Morgan fingerprint density at radius 1 is 1.40 bits per heavy atom. The van der Waals surface area contributed by atoms with Crippen LogP contribution >= 0.6 is 34.2 Å². The monoisotopic (exact) mass is 405 g/mol. The van der Waals surface area contributed by atoms with E-state index in [0.29, 0.717) is 5.82 Å². The largest absolute Gasteiger partial charge is 0.368 e. The van der Waals surface area contributed by atoms with Crippen molar-refractivity contribution < 1.29 is 4.79 Å². The molecule has 0 fully saturated rings. The molecule has 2 rings (SSSR count). The van der Waals surface area contributed by atoms with Crippen molar-refractivity contribution in [2.45, 2.75) is 32.2 Å². The van der Waals surface area contributed by atoms with Crippen molar-refractivity contribution >= 4 is 51.1 Å². The molecule has 0 bridgehead atoms. The molecule has 1 aromatic carbocycles. The topological polar surface area (TPSA) is 60.9 Å². The molecular formula is C14H17ClIN3O. The lowest BCUT2D eigenvalue weighted by Crippen LogP contribution is -2.31. The summed E-state index contributed by atoms with van der Waals surface area (Å²) in [5.74, 6) is 0.385. The van der Waals surface area contributed by atoms with Crippen LogP contribution in [0.5, 0.6) is 0 Å². The molecule has 20 heavy (non-hydrogen) atoms. The summed E-state index contributed by atoms with van der Waals surface area (Å²) in [5, 5.41) is -0.291. The van der Waals surface area contributed by atoms with E-state index in [1.807, 2.05) is 43.5 Å². The summed E-state index contributed by atoms with van der Waals surface area (Å²) in [4.78, 5) is 16.4. The maximum Gasteiger partial charge on any atom is 0.240 e. The lowest BCUT2D eigenvalue weighted by molar-refractivity contribution is -0.122. The van der Waals surface area contributed by atoms with E-state index in [4.69, 9.17) is 17.3 Å². The minimum atomic E-state index is -0.448. The average Bonchev–Trinajstić information content (AvgIpc) is 2.67. The van der Waals surface area contributed by atoms with Crippen molar-refractivity contribution in [1.29, 1.82) is 0 Å². The molecule has 0 saturated heterocycles. The van der Waals surface area contributed by atoms with Crippen LogP contribution in [0.3, 0.4) is 0 Å². The number of carbonyl (C=O) groups excluding carboxylic acids is 1. The predicted molar refractivity (Wildman–Crippen MR) is 89.8 cm³/mol. The standard InChI is InChI=1S/C14H17ClIN3O/c1-7(2)12(13(17)20)19-11-5-4-9(16)6-10(11)18-14(19)8(3)15/h4-8,12H,1-3H3,(H2,17,20). The van der Waals surface area contributed by atoms with Gasteiger partial charge in [-0.05, 0) is 53.6 Å². The number of hydrogen-bond acceptors (Lipinski definition) is 2. The molecule has 1 heterocycles. The molecule has 4 nitrogen and oxygen atoms in total. The van der Waals surface area contributed by atoms with Crippen LogP contribution in [0.15, 0.2) is 18.2 Å². The quantitative estimate of drug-likeness (QED) is 0.624. The fraction of sp³-hybridized carbons (Fsp3) is 0.429. The van der Waals surface area contributed by atoms with Crippen LogP contribution in [0.4, 0.5) is 0 Å². The molecule has 0 aliphatic rings. The average molecular weight is 406 g/mol. The molecular weight excluding hydrogens is 389 g/mol. The zero-order valence-electron chi connectivity index (χ0n) is 11.6. The first-order valence-electron chi connectivity index (χ1n) is 6.43. The van der Waals surface area contributed by atoms with Crippen LogP contribution in [-0.4, -0.2) is 15.5 Å². The smallest absolute Gasteiger partial charge is 0.240 e. The Hall–Kier alpha value is -0.820. The highest BCUT2D eigenvalue weighted by atomic mass is 127. The molecule has 1 aromatic heterocycles. The number of nitrogens with zero attached hydrogens (tertiary/aromatic N) is 2. The molecule has 108 valence electrons. The van der Waals surface area contributed by atoms with E-state index >= 15 is 0 Å². The van der Waals surface area contributed by atoms with Crippen LogP contribution < -0.4 is 5.73 Å². The summed E-state index contributed by atoms with van der Waals surface area (Å²) in [6, 6.07) is 5.48. The molecule has 0 aliphatic carbocycles. The minimum Gasteiger partial charge on any atom is -0.368 e. The van der Waals surface area contributed by atoms with E-state index < -0.39 is 6.04 Å². The van der Waals surface area contributed by atoms with Crippen molar-refractivity contribution in [1.82, 2.24) is 9.55 Å². The Morgan fingerprint density at radius 2 is 2.05 bits per heavy atom. The number of aromatic nitrogens is 2. The van der Waals surface area contributed by atoms with Gasteiger partial charge in [0.05, 0.1) is 16.4 Å². The van der Waals surface area contributed by atoms with E-state index in [1.54, 1.807) is 0 Å². The molecule has 6 heteroatoms. The second kappa shape index (κ2) is 5.89. The number of halogens is 2. The molecule has 0 saturated carbocycles. The van der Waals surface area contributed by atoms with Crippen LogP contribution in [0.1, 0.15) is 38.0 Å². The van der Waals surface area contributed by atoms with Crippen LogP contribution in [0, 0.1) is 9.49 Å². The minimum absolute atomic E-state index is 0.0679. The van der Waals surface area contributed by atoms with E-state index in [-0.39, 0.29) is 17.2 Å². The van der Waals surface area contributed by atoms with Gasteiger partial charge in [-0.3, -0.25) is 4.79 Å². The maximum absolute atomic E-state index is 11.9. The number of amides is 1. The number of primary amides is 1. The van der Waals surface area contributed by atoms with Gasteiger partial charge in [-0.2, -0.15) is 0 Å². The molecule has 0 spiro atoms. The van der Waals surface area contributed by atoms with Gasteiger partial charge >= 0.3 is 0 Å². The second-order valence-corrected chi connectivity index (χ2v) is 7.08. The molecule has 2 aromatic rings. The first kappa shape index (κ1) is 15.6. The molecule has 0 radical (unpaired) electrons. The number of fused-ring (bicyclic) bond motifs is 1. The third-order valence-electron chi connectivity index (χ3n) is 3.24. The van der Waals surface area contributed by atoms with Gasteiger partial charge in [0.1, 0.15) is 11.9 Å². The van der Waals surface area contributed by atoms with Gasteiger partial charge in [0.15, 0.2) is 0 Å². The van der Waals surface area contributed by atoms with Crippen LogP contribution in [0.2, 0.25) is 0 Å². The Kier molecular flexibility index (Phi) is 4.59. The highest BCUT2D eigenvalue weighted by Gasteiger charge is 2.28. The number of nitrogens with two attached hydrogens (primary N) is 1. The maximum atomic E-state index is 11.9. The third kappa shape index (κ3) is 2.79. The third-order valence-corrected chi connectivity index (χ3v) is 4.10. The SMILES string of the molecule is CC(Cl)c1nc2cc(I)ccc2n1C(C(N)=O)C(C)C. The van der Waals surface area contributed by atoms with Gasteiger partial charge in [0, 0.05) is 3.57 Å². The summed E-state index contributed by atoms with van der Waals surface area (Å²) in [7, 11) is 0. The van der Waals surface area contributed by atoms with Crippen LogP contribution in [-0.2, 0) is 4.79 Å². The molecule has 1 amide bonds. The van der Waals surface area contributed by atoms with Crippen molar-refractivity contribution in [3.63, 3.8) is 0 Å². The second-order valence-electron chi connectivity index (χ2n) is 5.18. The Morgan fingerprint density at radius 3 is 2.55 bits per heavy atom. The first-order chi connectivity index (χ1) is 9.32. The van der Waals surface area contributed by atoms with Crippen LogP contribution in [0.25, 0.3) is 11.0 Å². The van der Waals surface area contributed by atoms with Gasteiger partial charge in [-0.15, -0.1) is 11.6 Å². The number of benzene rings is 1. The first-order valence-corrected chi connectivity index (χ1v) is 7.95. The number of imidazole rings is 1. The van der Waals surface area contributed by atoms with Gasteiger partial charge in [0.25, 0.3) is 0 Å². The number of rotatable bonds is 4. The zero-order valence-corrected chi connectivity index (χ0v) is 14.5. The lowest BCUT2D eigenvalue weighted by atomic mass is 10.0. The number of carbonyl (C=O) groups is 1. The van der Waals surface area contributed by atoms with Gasteiger partial charge in [-0.25, -0.2) is 4.98 Å². The predicted octanol–water partition coefficient (Wildman–Crippen LogP) is 3.62. The Labute approximate surface area is 136 Å². The van der Waals surface area contributed by atoms with Gasteiger partial charge in [-0.1, -0.05) is 13.8 Å². The van der Waals surface area contributed by atoms with E-state index in [1.165, 1.54) is 0 Å². The fourth-order valence-corrected chi connectivity index (χ4v) is 3.05. The Bertz CT molecular complexity index is 651. The summed E-state index contributed by atoms with van der Waals surface area (Å²) >= 11 is 8.47. The highest BCUT2D eigenvalue weighted by molar-refractivity contribution is 14.1. The number of alkyl halides is 1. The van der Waals surface area contributed by atoms with E-state index in [2.05, 4.69) is 27.6 Å². The van der Waals surface area contributed by atoms with Crippen molar-refractivity contribution in [2.24, 2.45) is 11.7 Å². The van der Waals surface area contributed by atoms with E-state index in [0.717, 1.165) is 14.6 Å². The molecule has 2 N–H and O–H groups in total. The zero-order chi connectivity index (χ0) is 15.0. The summed E-state index contributed by atoms with van der Waals surface area (Å²) in [5.41, 5.74) is 7.32. The van der Waals surface area contributed by atoms with Crippen molar-refractivity contribution in [3.8, 4) is 0 Å². The van der Waals surface area contributed by atoms with Gasteiger partial charge < -0.3 is 10.3 Å². The summed E-state index contributed by atoms with van der Waals surface area (Å²) in [6.45, 7) is 5.79. The normalized spacial score (nSPS) is 14.7. The summed E-state index contributed by atoms with van der Waals surface area (Å²) < 4.78 is 2.98. The number of hydrogen-bond donors (Lipinski definition) is 1. The molecule has 2 atom stereocenters. The van der Waals surface area contributed by atoms with Crippen molar-refractivity contribution in [2.75, 3.05) is 0 Å². The highest BCUT2D eigenvalue weighted by Crippen LogP contribution is 2.31. The molecule has 2 unspecified atom stereocenters. The fourth-order valence-electron chi connectivity index (χ4n) is 2.42. The molecule has 0 aliphatic heterocycles. The van der Waals surface area contributed by atoms with Gasteiger partial charge in [0.2, 0.25) is 5.91 Å². The lowest BCUT2D eigenvalue weighted by Gasteiger charge is -2.23. The van der Waals surface area contributed by atoms with E-state index in [9.17, 15) is 4.79 Å². The Balaban J connectivity index is 2.77. The van der Waals surface area contributed by atoms with Crippen molar-refractivity contribution in [3.05, 3.63) is 27.6 Å².